The van der Waals surface area contributed by atoms with Crippen molar-refractivity contribution in [1.29, 1.82) is 0 Å². The van der Waals surface area contributed by atoms with Crippen LogP contribution in [0.4, 0.5) is 0 Å². The maximum atomic E-state index is 5.46. The fraction of sp³-hybridized carbons (Fsp3) is 0.389. The van der Waals surface area contributed by atoms with Gasteiger partial charge < -0.3 is 9.84 Å². The highest BCUT2D eigenvalue weighted by atomic mass is 35.5. The molecule has 132 valence electrons. The van der Waals surface area contributed by atoms with Gasteiger partial charge in [-0.1, -0.05) is 23.4 Å². The van der Waals surface area contributed by atoms with Gasteiger partial charge in [0.05, 0.1) is 18.2 Å². The van der Waals surface area contributed by atoms with Crippen LogP contribution in [-0.4, -0.2) is 33.0 Å². The Bertz CT molecular complexity index is 851. The molecule has 0 bridgehead atoms. The highest BCUT2D eigenvalue weighted by molar-refractivity contribution is 5.85. The van der Waals surface area contributed by atoms with E-state index in [0.29, 0.717) is 11.7 Å². The molecule has 0 saturated carbocycles. The molecule has 4 rings (SSSR count). The summed E-state index contributed by atoms with van der Waals surface area (Å²) >= 11 is 0. The molecule has 2 aromatic heterocycles. The minimum Gasteiger partial charge on any atom is -0.339 e. The van der Waals surface area contributed by atoms with Gasteiger partial charge in [0, 0.05) is 17.8 Å². The summed E-state index contributed by atoms with van der Waals surface area (Å²) in [5.74, 6) is 1.73. The van der Waals surface area contributed by atoms with E-state index in [9.17, 15) is 0 Å². The highest BCUT2D eigenvalue weighted by Gasteiger charge is 2.23. The lowest BCUT2D eigenvalue weighted by atomic mass is 10.1. The van der Waals surface area contributed by atoms with Crippen molar-refractivity contribution in [3.05, 3.63) is 53.2 Å². The van der Waals surface area contributed by atoms with Crippen LogP contribution in [0.5, 0.6) is 0 Å². The van der Waals surface area contributed by atoms with E-state index >= 15 is 0 Å². The van der Waals surface area contributed by atoms with Crippen LogP contribution in [-0.2, 0) is 6.54 Å². The largest absolute Gasteiger partial charge is 0.339 e. The number of hydrogen-bond donors (Lipinski definition) is 1. The molecule has 0 radical (unpaired) electrons. The first-order chi connectivity index (χ1) is 11.7. The van der Waals surface area contributed by atoms with Crippen molar-refractivity contribution in [2.45, 2.75) is 32.7 Å². The Morgan fingerprint density at radius 2 is 2.16 bits per heavy atom. The van der Waals surface area contributed by atoms with Crippen LogP contribution in [0, 0.1) is 13.8 Å². The van der Waals surface area contributed by atoms with Gasteiger partial charge in [-0.15, -0.1) is 12.4 Å². The van der Waals surface area contributed by atoms with Crippen molar-refractivity contribution in [1.82, 2.24) is 25.2 Å². The first kappa shape index (κ1) is 17.6. The number of hydrogen-bond acceptors (Lipinski definition) is 5. The standard InChI is InChI=1S/C18H21N5O.ClH/c1-12-8-13(2)23(21-12)11-14-4-3-5-15(9-14)17-20-18(24-22-17)16-6-7-19-10-16;/h3-5,8-9,16,19H,6-7,10-11H2,1-2H3;1H/t16-;/m0./s1. The Balaban J connectivity index is 0.00000182. The van der Waals surface area contributed by atoms with E-state index in [0.717, 1.165) is 48.9 Å². The number of nitrogens with one attached hydrogen (secondary N) is 1. The van der Waals surface area contributed by atoms with E-state index in [-0.39, 0.29) is 12.4 Å². The number of halogens is 1. The Labute approximate surface area is 153 Å². The zero-order chi connectivity index (χ0) is 16.5. The van der Waals surface area contributed by atoms with Gasteiger partial charge in [-0.05, 0) is 44.5 Å². The number of aryl methyl sites for hydroxylation is 2. The molecule has 1 atom stereocenters. The summed E-state index contributed by atoms with van der Waals surface area (Å²) < 4.78 is 7.48. The van der Waals surface area contributed by atoms with Gasteiger partial charge >= 0.3 is 0 Å². The molecule has 1 aromatic carbocycles. The van der Waals surface area contributed by atoms with Gasteiger partial charge in [-0.25, -0.2) is 0 Å². The third kappa shape index (κ3) is 3.75. The van der Waals surface area contributed by atoms with Crippen LogP contribution in [0.3, 0.4) is 0 Å². The highest BCUT2D eigenvalue weighted by Crippen LogP contribution is 2.24. The first-order valence-corrected chi connectivity index (χ1v) is 8.34. The van der Waals surface area contributed by atoms with Crippen molar-refractivity contribution in [3.8, 4) is 11.4 Å². The lowest BCUT2D eigenvalue weighted by Gasteiger charge is -2.05. The third-order valence-electron chi connectivity index (χ3n) is 4.47. The molecular weight excluding hydrogens is 338 g/mol. The molecule has 3 aromatic rings. The van der Waals surface area contributed by atoms with Gasteiger partial charge in [0.15, 0.2) is 0 Å². The summed E-state index contributed by atoms with van der Waals surface area (Å²) in [6.07, 6.45) is 1.06. The van der Waals surface area contributed by atoms with Crippen molar-refractivity contribution >= 4 is 12.4 Å². The quantitative estimate of drug-likeness (QED) is 0.775. The van der Waals surface area contributed by atoms with E-state index in [1.165, 1.54) is 5.56 Å². The van der Waals surface area contributed by atoms with Gasteiger partial charge in [-0.3, -0.25) is 4.68 Å². The third-order valence-corrected chi connectivity index (χ3v) is 4.47. The van der Waals surface area contributed by atoms with Gasteiger partial charge in [0.2, 0.25) is 11.7 Å². The van der Waals surface area contributed by atoms with Crippen LogP contribution in [0.15, 0.2) is 34.9 Å². The van der Waals surface area contributed by atoms with Crippen LogP contribution in [0.25, 0.3) is 11.4 Å². The minimum atomic E-state index is 0. The molecule has 0 amide bonds. The zero-order valence-corrected chi connectivity index (χ0v) is 15.2. The molecule has 1 aliphatic heterocycles. The molecule has 1 aliphatic rings. The summed E-state index contributed by atoms with van der Waals surface area (Å²) in [5, 5.41) is 12.0. The SMILES string of the molecule is Cc1cc(C)n(Cc2cccc(-c3noc([C@H]4CCNC4)n3)c2)n1.Cl. The second-order valence-corrected chi connectivity index (χ2v) is 6.43. The lowest BCUT2D eigenvalue weighted by molar-refractivity contribution is 0.359. The van der Waals surface area contributed by atoms with Crippen molar-refractivity contribution < 1.29 is 4.52 Å². The summed E-state index contributed by atoms with van der Waals surface area (Å²) in [7, 11) is 0. The molecule has 6 nitrogen and oxygen atoms in total. The Kier molecular flexibility index (Phi) is 5.20. The fourth-order valence-corrected chi connectivity index (χ4v) is 3.20. The first-order valence-electron chi connectivity index (χ1n) is 8.34. The molecule has 7 heteroatoms. The summed E-state index contributed by atoms with van der Waals surface area (Å²) in [4.78, 5) is 4.59. The maximum Gasteiger partial charge on any atom is 0.231 e. The smallest absolute Gasteiger partial charge is 0.231 e. The molecular formula is C18H22ClN5O. The molecule has 3 heterocycles. The van der Waals surface area contributed by atoms with Crippen molar-refractivity contribution in [2.24, 2.45) is 0 Å². The monoisotopic (exact) mass is 359 g/mol. The second-order valence-electron chi connectivity index (χ2n) is 6.43. The van der Waals surface area contributed by atoms with E-state index in [2.05, 4.69) is 45.7 Å². The predicted molar refractivity (Wildman–Crippen MR) is 98.0 cm³/mol. The summed E-state index contributed by atoms with van der Waals surface area (Å²) in [5.41, 5.74) is 4.35. The Hall–Kier alpha value is -2.18. The van der Waals surface area contributed by atoms with Gasteiger partial charge in [-0.2, -0.15) is 10.1 Å². The Morgan fingerprint density at radius 1 is 1.28 bits per heavy atom. The molecule has 25 heavy (non-hydrogen) atoms. The number of benzene rings is 1. The molecule has 0 aliphatic carbocycles. The van der Waals surface area contributed by atoms with Gasteiger partial charge in [0.1, 0.15) is 0 Å². The van der Waals surface area contributed by atoms with Crippen molar-refractivity contribution in [2.75, 3.05) is 13.1 Å². The molecule has 0 spiro atoms. The Morgan fingerprint density at radius 3 is 2.88 bits per heavy atom. The maximum absolute atomic E-state index is 5.46. The number of nitrogens with zero attached hydrogens (tertiary/aromatic N) is 4. The van der Waals surface area contributed by atoms with E-state index in [1.807, 2.05) is 23.7 Å². The molecule has 1 N–H and O–H groups in total. The molecule has 0 unspecified atom stereocenters. The van der Waals surface area contributed by atoms with E-state index in [4.69, 9.17) is 4.52 Å². The topological polar surface area (TPSA) is 68.8 Å². The van der Waals surface area contributed by atoms with E-state index < -0.39 is 0 Å². The second kappa shape index (κ2) is 7.37. The predicted octanol–water partition coefficient (Wildman–Crippen LogP) is 3.10. The fourth-order valence-electron chi connectivity index (χ4n) is 3.20. The van der Waals surface area contributed by atoms with Crippen molar-refractivity contribution in [3.63, 3.8) is 0 Å². The number of rotatable bonds is 4. The van der Waals surface area contributed by atoms with E-state index in [1.54, 1.807) is 0 Å². The lowest BCUT2D eigenvalue weighted by Crippen LogP contribution is -2.08. The number of aromatic nitrogens is 4. The molecule has 1 saturated heterocycles. The van der Waals surface area contributed by atoms with Crippen LogP contribution in [0.2, 0.25) is 0 Å². The average molecular weight is 360 g/mol. The normalized spacial score (nSPS) is 16.8. The van der Waals surface area contributed by atoms with Gasteiger partial charge in [0.25, 0.3) is 0 Å². The summed E-state index contributed by atoms with van der Waals surface area (Å²) in [6.45, 7) is 6.76. The minimum absolute atomic E-state index is 0. The van der Waals surface area contributed by atoms with Crippen LogP contribution in [0.1, 0.15) is 35.2 Å². The average Bonchev–Trinajstić information content (AvgIpc) is 3.29. The zero-order valence-electron chi connectivity index (χ0n) is 14.4. The van der Waals surface area contributed by atoms with Crippen LogP contribution < -0.4 is 5.32 Å². The van der Waals surface area contributed by atoms with Crippen LogP contribution >= 0.6 is 12.4 Å². The summed E-state index contributed by atoms with van der Waals surface area (Å²) in [6, 6.07) is 10.3. The molecule has 1 fully saturated rings.